The standard InChI is InChI=1S/C25H24N2O/c28-25(27-15-13-23(14-16-27)22-9-5-2-6-10-22)24-17-21(18-26-19-24)12-11-20-7-3-1-4-8-20/h1-12,17-19,23H,13-16H2. The molecule has 0 N–H and O–H groups in total. The van der Waals surface area contributed by atoms with Gasteiger partial charge in [-0.1, -0.05) is 72.8 Å². The molecule has 0 saturated carbocycles. The highest BCUT2D eigenvalue weighted by Crippen LogP contribution is 2.28. The van der Waals surface area contributed by atoms with E-state index in [-0.39, 0.29) is 5.91 Å². The molecule has 3 heteroatoms. The highest BCUT2D eigenvalue weighted by atomic mass is 16.2. The molecule has 0 unspecified atom stereocenters. The maximum Gasteiger partial charge on any atom is 0.255 e. The van der Waals surface area contributed by atoms with Crippen LogP contribution in [0.5, 0.6) is 0 Å². The fraction of sp³-hybridized carbons (Fsp3) is 0.200. The topological polar surface area (TPSA) is 33.2 Å². The number of amides is 1. The van der Waals surface area contributed by atoms with Crippen molar-refractivity contribution in [2.75, 3.05) is 13.1 Å². The molecule has 4 rings (SSSR count). The quantitative estimate of drug-likeness (QED) is 0.628. The first-order chi connectivity index (χ1) is 13.8. The van der Waals surface area contributed by atoms with Gasteiger partial charge in [-0.15, -0.1) is 0 Å². The molecule has 28 heavy (non-hydrogen) atoms. The van der Waals surface area contributed by atoms with Crippen LogP contribution in [0.3, 0.4) is 0 Å². The first-order valence-electron chi connectivity index (χ1n) is 9.82. The third kappa shape index (κ3) is 4.37. The smallest absolute Gasteiger partial charge is 0.255 e. The van der Waals surface area contributed by atoms with Crippen LogP contribution in [0.4, 0.5) is 0 Å². The Balaban J connectivity index is 1.41. The summed E-state index contributed by atoms with van der Waals surface area (Å²) >= 11 is 0. The Morgan fingerprint density at radius 1 is 0.857 bits per heavy atom. The monoisotopic (exact) mass is 368 g/mol. The maximum absolute atomic E-state index is 12.9. The van der Waals surface area contributed by atoms with Gasteiger partial charge in [0.15, 0.2) is 0 Å². The lowest BCUT2D eigenvalue weighted by Gasteiger charge is -2.32. The number of pyridine rings is 1. The molecule has 0 radical (unpaired) electrons. The van der Waals surface area contributed by atoms with Crippen LogP contribution in [0.2, 0.25) is 0 Å². The minimum absolute atomic E-state index is 0.0778. The largest absolute Gasteiger partial charge is 0.339 e. The SMILES string of the molecule is O=C(c1cncc(C=Cc2ccccc2)c1)N1CCC(c2ccccc2)CC1. The van der Waals surface area contributed by atoms with Gasteiger partial charge < -0.3 is 4.90 Å². The summed E-state index contributed by atoms with van der Waals surface area (Å²) in [6, 6.07) is 22.7. The van der Waals surface area contributed by atoms with Gasteiger partial charge in [0.2, 0.25) is 0 Å². The van der Waals surface area contributed by atoms with Crippen molar-refractivity contribution in [3.63, 3.8) is 0 Å². The first-order valence-corrected chi connectivity index (χ1v) is 9.82. The zero-order valence-corrected chi connectivity index (χ0v) is 15.9. The molecule has 1 amide bonds. The Labute approximate surface area is 166 Å². The predicted octanol–water partition coefficient (Wildman–Crippen LogP) is 5.27. The molecule has 2 heterocycles. The van der Waals surface area contributed by atoms with E-state index in [1.807, 2.05) is 47.4 Å². The van der Waals surface area contributed by atoms with E-state index in [9.17, 15) is 4.79 Å². The molecular weight excluding hydrogens is 344 g/mol. The van der Waals surface area contributed by atoms with Crippen LogP contribution in [0.25, 0.3) is 12.2 Å². The number of rotatable bonds is 4. The lowest BCUT2D eigenvalue weighted by molar-refractivity contribution is 0.0712. The van der Waals surface area contributed by atoms with Gasteiger partial charge in [-0.2, -0.15) is 0 Å². The van der Waals surface area contributed by atoms with Crippen molar-refractivity contribution in [2.24, 2.45) is 0 Å². The van der Waals surface area contributed by atoms with Crippen molar-refractivity contribution < 1.29 is 4.79 Å². The summed E-state index contributed by atoms with van der Waals surface area (Å²) in [6.07, 6.45) is 9.52. The molecule has 1 fully saturated rings. The van der Waals surface area contributed by atoms with Crippen molar-refractivity contribution in [2.45, 2.75) is 18.8 Å². The molecule has 140 valence electrons. The highest BCUT2D eigenvalue weighted by Gasteiger charge is 2.24. The van der Waals surface area contributed by atoms with Crippen molar-refractivity contribution in [3.8, 4) is 0 Å². The molecule has 3 nitrogen and oxygen atoms in total. The number of carbonyl (C=O) groups is 1. The van der Waals surface area contributed by atoms with Crippen LogP contribution >= 0.6 is 0 Å². The lowest BCUT2D eigenvalue weighted by Crippen LogP contribution is -2.38. The second-order valence-corrected chi connectivity index (χ2v) is 7.23. The zero-order valence-electron chi connectivity index (χ0n) is 15.9. The van der Waals surface area contributed by atoms with E-state index in [4.69, 9.17) is 0 Å². The zero-order chi connectivity index (χ0) is 19.2. The molecule has 2 aromatic carbocycles. The molecule has 1 aliphatic heterocycles. The number of aromatic nitrogens is 1. The van der Waals surface area contributed by atoms with Crippen LogP contribution in [0, 0.1) is 0 Å². The Morgan fingerprint density at radius 2 is 1.50 bits per heavy atom. The number of benzene rings is 2. The van der Waals surface area contributed by atoms with Crippen molar-refractivity contribution in [1.82, 2.24) is 9.88 Å². The lowest BCUT2D eigenvalue weighted by atomic mass is 9.89. The average molecular weight is 368 g/mol. The van der Waals surface area contributed by atoms with Crippen LogP contribution in [0.1, 0.15) is 45.8 Å². The summed E-state index contributed by atoms with van der Waals surface area (Å²) < 4.78 is 0. The van der Waals surface area contributed by atoms with E-state index in [0.717, 1.165) is 37.1 Å². The summed E-state index contributed by atoms with van der Waals surface area (Å²) in [5.74, 6) is 0.623. The molecule has 1 saturated heterocycles. The molecule has 1 aromatic heterocycles. The fourth-order valence-corrected chi connectivity index (χ4v) is 3.75. The summed E-state index contributed by atoms with van der Waals surface area (Å²) in [6.45, 7) is 1.59. The number of hydrogen-bond donors (Lipinski definition) is 0. The van der Waals surface area contributed by atoms with E-state index in [1.165, 1.54) is 5.56 Å². The number of nitrogens with zero attached hydrogens (tertiary/aromatic N) is 2. The second kappa shape index (κ2) is 8.66. The van der Waals surface area contributed by atoms with Gasteiger partial charge in [0.05, 0.1) is 5.56 Å². The summed E-state index contributed by atoms with van der Waals surface area (Å²) in [5, 5.41) is 0. The van der Waals surface area contributed by atoms with Gasteiger partial charge in [0, 0.05) is 25.5 Å². The highest BCUT2D eigenvalue weighted by molar-refractivity contribution is 5.94. The van der Waals surface area contributed by atoms with Crippen LogP contribution in [-0.4, -0.2) is 28.9 Å². The number of hydrogen-bond acceptors (Lipinski definition) is 2. The molecular formula is C25H24N2O. The molecule has 0 atom stereocenters. The second-order valence-electron chi connectivity index (χ2n) is 7.23. The Hall–Kier alpha value is -3.20. The minimum atomic E-state index is 0.0778. The number of carbonyl (C=O) groups excluding carboxylic acids is 1. The van der Waals surface area contributed by atoms with Crippen molar-refractivity contribution in [1.29, 1.82) is 0 Å². The van der Waals surface area contributed by atoms with Crippen LogP contribution in [0.15, 0.2) is 79.1 Å². The van der Waals surface area contributed by atoms with E-state index in [1.54, 1.807) is 12.4 Å². The summed E-state index contributed by atoms with van der Waals surface area (Å²) in [7, 11) is 0. The van der Waals surface area contributed by atoms with E-state index >= 15 is 0 Å². The van der Waals surface area contributed by atoms with Crippen molar-refractivity contribution in [3.05, 3.63) is 101 Å². The predicted molar refractivity (Wildman–Crippen MR) is 114 cm³/mol. The minimum Gasteiger partial charge on any atom is -0.339 e. The van der Waals surface area contributed by atoms with E-state index in [2.05, 4.69) is 41.4 Å². The third-order valence-corrected chi connectivity index (χ3v) is 5.33. The fourth-order valence-electron chi connectivity index (χ4n) is 3.75. The third-order valence-electron chi connectivity index (χ3n) is 5.33. The molecule has 0 aliphatic carbocycles. The Morgan fingerprint density at radius 3 is 2.21 bits per heavy atom. The number of piperidine rings is 1. The summed E-state index contributed by atoms with van der Waals surface area (Å²) in [5.41, 5.74) is 4.11. The maximum atomic E-state index is 12.9. The van der Waals surface area contributed by atoms with Gasteiger partial charge in [0.25, 0.3) is 5.91 Å². The molecule has 0 spiro atoms. The van der Waals surface area contributed by atoms with Gasteiger partial charge in [-0.25, -0.2) is 0 Å². The Kier molecular flexibility index (Phi) is 5.62. The normalized spacial score (nSPS) is 15.1. The van der Waals surface area contributed by atoms with Crippen molar-refractivity contribution >= 4 is 18.1 Å². The Bertz CT molecular complexity index is 943. The van der Waals surface area contributed by atoms with Gasteiger partial charge in [-0.3, -0.25) is 9.78 Å². The molecule has 0 bridgehead atoms. The van der Waals surface area contributed by atoms with Gasteiger partial charge in [0.1, 0.15) is 0 Å². The van der Waals surface area contributed by atoms with Gasteiger partial charge >= 0.3 is 0 Å². The first kappa shape index (κ1) is 18.2. The van der Waals surface area contributed by atoms with Gasteiger partial charge in [-0.05, 0) is 41.5 Å². The van der Waals surface area contributed by atoms with Crippen LogP contribution in [-0.2, 0) is 0 Å². The van der Waals surface area contributed by atoms with E-state index < -0.39 is 0 Å². The average Bonchev–Trinajstić information content (AvgIpc) is 2.79. The van der Waals surface area contributed by atoms with E-state index in [0.29, 0.717) is 11.5 Å². The summed E-state index contributed by atoms with van der Waals surface area (Å²) in [4.78, 5) is 19.2. The molecule has 1 aliphatic rings. The van der Waals surface area contributed by atoms with Crippen LogP contribution < -0.4 is 0 Å². The number of likely N-dealkylation sites (tertiary alicyclic amines) is 1. The molecule has 3 aromatic rings.